The van der Waals surface area contributed by atoms with E-state index in [4.69, 9.17) is 10.5 Å². The van der Waals surface area contributed by atoms with Gasteiger partial charge in [0, 0.05) is 5.69 Å². The van der Waals surface area contributed by atoms with Gasteiger partial charge in [0.1, 0.15) is 17.8 Å². The molecule has 5 N–H and O–H groups in total. The van der Waals surface area contributed by atoms with Crippen molar-refractivity contribution >= 4 is 34.9 Å². The maximum atomic E-state index is 13.7. The summed E-state index contributed by atoms with van der Waals surface area (Å²) in [5.74, 6) is -1.35. The number of carbonyl (C=O) groups is 2. The second-order valence-electron chi connectivity index (χ2n) is 5.97. The Morgan fingerprint density at radius 3 is 2.47 bits per heavy atom. The van der Waals surface area contributed by atoms with E-state index in [-0.39, 0.29) is 22.9 Å². The van der Waals surface area contributed by atoms with Gasteiger partial charge in [-0.25, -0.2) is 19.2 Å². The van der Waals surface area contributed by atoms with E-state index in [2.05, 4.69) is 26.1 Å². The van der Waals surface area contributed by atoms with Crippen LogP contribution in [0.4, 0.5) is 27.4 Å². The Balaban J connectivity index is 1.68. The Morgan fingerprint density at radius 1 is 1.07 bits per heavy atom. The average molecular weight is 410 g/mol. The fourth-order valence-corrected chi connectivity index (χ4v) is 2.46. The number of aromatic nitrogens is 2. The van der Waals surface area contributed by atoms with Crippen LogP contribution in [0, 0.1) is 5.82 Å². The minimum atomic E-state index is -0.685. The zero-order chi connectivity index (χ0) is 21.5. The van der Waals surface area contributed by atoms with Gasteiger partial charge in [-0.15, -0.1) is 0 Å². The molecule has 0 unspecified atom stereocenters. The number of ether oxygens (including phenoxy) is 1. The quantitative estimate of drug-likeness (QED) is 0.345. The van der Waals surface area contributed by atoms with Crippen molar-refractivity contribution in [1.82, 2.24) is 15.4 Å². The Bertz CT molecular complexity index is 1060. The highest BCUT2D eigenvalue weighted by atomic mass is 19.1. The number of amides is 1. The third-order valence-electron chi connectivity index (χ3n) is 3.96. The van der Waals surface area contributed by atoms with Gasteiger partial charge in [0.25, 0.3) is 5.91 Å². The average Bonchev–Trinajstić information content (AvgIpc) is 2.75. The molecule has 9 nitrogen and oxygen atoms in total. The van der Waals surface area contributed by atoms with Gasteiger partial charge in [0.15, 0.2) is 11.6 Å². The lowest BCUT2D eigenvalue weighted by molar-refractivity contribution is 0.0526. The van der Waals surface area contributed by atoms with Crippen LogP contribution in [0.5, 0.6) is 0 Å². The molecule has 0 saturated heterocycles. The molecule has 0 radical (unpaired) electrons. The molecule has 3 rings (SSSR count). The Morgan fingerprint density at radius 2 is 1.77 bits per heavy atom. The predicted octanol–water partition coefficient (Wildman–Crippen LogP) is 2.88. The van der Waals surface area contributed by atoms with E-state index < -0.39 is 17.7 Å². The van der Waals surface area contributed by atoms with Gasteiger partial charge in [0.05, 0.1) is 17.7 Å². The van der Waals surface area contributed by atoms with Crippen LogP contribution < -0.4 is 21.9 Å². The number of hydrazine groups is 1. The fourth-order valence-electron chi connectivity index (χ4n) is 2.46. The maximum absolute atomic E-state index is 13.7. The first kappa shape index (κ1) is 20.5. The van der Waals surface area contributed by atoms with E-state index in [0.29, 0.717) is 17.9 Å². The van der Waals surface area contributed by atoms with Gasteiger partial charge in [-0.2, -0.15) is 0 Å². The smallest absolute Gasteiger partial charge is 0.338 e. The van der Waals surface area contributed by atoms with E-state index in [0.717, 1.165) is 0 Å². The summed E-state index contributed by atoms with van der Waals surface area (Å²) in [5.41, 5.74) is 12.0. The Labute approximate surface area is 171 Å². The first-order valence-electron chi connectivity index (χ1n) is 8.95. The molecule has 0 saturated carbocycles. The number of anilines is 4. The van der Waals surface area contributed by atoms with Crippen molar-refractivity contribution < 1.29 is 18.7 Å². The number of nitrogens with one attached hydrogen (secondary N) is 3. The Kier molecular flexibility index (Phi) is 6.38. The number of rotatable bonds is 7. The summed E-state index contributed by atoms with van der Waals surface area (Å²) in [6.07, 6.45) is 1.24. The fraction of sp³-hybridized carbons (Fsp3) is 0.100. The third-order valence-corrected chi connectivity index (χ3v) is 3.96. The molecule has 1 amide bonds. The number of hydrogen-bond donors (Lipinski definition) is 4. The van der Waals surface area contributed by atoms with Crippen LogP contribution >= 0.6 is 0 Å². The highest BCUT2D eigenvalue weighted by molar-refractivity contribution is 5.95. The molecule has 0 atom stereocenters. The second kappa shape index (κ2) is 9.32. The third kappa shape index (κ3) is 4.79. The number of nitrogens with two attached hydrogens (primary N) is 1. The number of carbonyl (C=O) groups excluding carboxylic acids is 2. The number of benzene rings is 2. The molecule has 154 valence electrons. The molecule has 3 aromatic rings. The molecule has 0 fully saturated rings. The van der Waals surface area contributed by atoms with Crippen molar-refractivity contribution in [2.75, 3.05) is 23.1 Å². The number of nitrogens with zero attached hydrogens (tertiary/aromatic N) is 2. The summed E-state index contributed by atoms with van der Waals surface area (Å²) in [7, 11) is 0. The second-order valence-corrected chi connectivity index (χ2v) is 5.97. The van der Waals surface area contributed by atoms with Gasteiger partial charge in [-0.3, -0.25) is 15.6 Å². The van der Waals surface area contributed by atoms with Gasteiger partial charge >= 0.3 is 5.97 Å². The van der Waals surface area contributed by atoms with E-state index in [1.807, 2.05) is 0 Å². The monoisotopic (exact) mass is 410 g/mol. The van der Waals surface area contributed by atoms with Crippen LogP contribution in [0.2, 0.25) is 0 Å². The summed E-state index contributed by atoms with van der Waals surface area (Å²) in [6.45, 7) is 2.02. The molecule has 0 aliphatic heterocycles. The van der Waals surface area contributed by atoms with Gasteiger partial charge in [-0.1, -0.05) is 12.1 Å². The summed E-state index contributed by atoms with van der Waals surface area (Å²) in [5, 5.41) is 3.00. The van der Waals surface area contributed by atoms with Crippen molar-refractivity contribution in [3.8, 4) is 0 Å². The van der Waals surface area contributed by atoms with E-state index in [9.17, 15) is 14.0 Å². The van der Waals surface area contributed by atoms with Crippen molar-refractivity contribution in [2.24, 2.45) is 0 Å². The van der Waals surface area contributed by atoms with Crippen LogP contribution in [-0.4, -0.2) is 28.5 Å². The standard InChI is InChI=1S/C20H19FN6O3/c1-2-30-20(29)12-7-9-13(10-8-12)25-17-16(22)18(24-11-23-17)26-27-19(28)14-5-3-4-6-15(14)21/h3-11H,2,22H2,1H3,(H,27,28)(H2,23,24,25,26). The molecule has 0 aliphatic rings. The van der Waals surface area contributed by atoms with Crippen LogP contribution in [0.3, 0.4) is 0 Å². The lowest BCUT2D eigenvalue weighted by Gasteiger charge is -2.13. The highest BCUT2D eigenvalue weighted by Gasteiger charge is 2.13. The first-order chi connectivity index (χ1) is 14.5. The Hall–Kier alpha value is -4.21. The minimum absolute atomic E-state index is 0.125. The number of nitrogen functional groups attached to an aromatic ring is 1. The summed E-state index contributed by atoms with van der Waals surface area (Å²) in [4.78, 5) is 31.9. The number of halogens is 1. The van der Waals surface area contributed by atoms with Crippen molar-refractivity contribution in [2.45, 2.75) is 6.92 Å². The molecule has 0 spiro atoms. The molecule has 1 aromatic heterocycles. The predicted molar refractivity (Wildman–Crippen MR) is 110 cm³/mol. The van der Waals surface area contributed by atoms with Gasteiger partial charge < -0.3 is 15.8 Å². The SMILES string of the molecule is CCOC(=O)c1ccc(Nc2ncnc(NNC(=O)c3ccccc3F)c2N)cc1. The number of hydrogen-bond acceptors (Lipinski definition) is 8. The van der Waals surface area contributed by atoms with Crippen LogP contribution in [0.15, 0.2) is 54.9 Å². The molecule has 1 heterocycles. The minimum Gasteiger partial charge on any atom is -0.462 e. The summed E-state index contributed by atoms with van der Waals surface area (Å²) < 4.78 is 18.6. The lowest BCUT2D eigenvalue weighted by Crippen LogP contribution is -2.31. The largest absolute Gasteiger partial charge is 0.462 e. The highest BCUT2D eigenvalue weighted by Crippen LogP contribution is 2.25. The molecule has 0 bridgehead atoms. The molecule has 10 heteroatoms. The van der Waals surface area contributed by atoms with Crippen molar-refractivity contribution in [1.29, 1.82) is 0 Å². The zero-order valence-corrected chi connectivity index (χ0v) is 16.0. The lowest BCUT2D eigenvalue weighted by atomic mass is 10.2. The van der Waals surface area contributed by atoms with Crippen molar-refractivity contribution in [3.05, 3.63) is 71.8 Å². The molecular formula is C20H19FN6O3. The van der Waals surface area contributed by atoms with E-state index in [1.165, 1.54) is 24.5 Å². The molecule has 2 aromatic carbocycles. The molecular weight excluding hydrogens is 391 g/mol. The first-order valence-corrected chi connectivity index (χ1v) is 8.95. The summed E-state index contributed by atoms with van der Waals surface area (Å²) >= 11 is 0. The topological polar surface area (TPSA) is 131 Å². The molecule has 30 heavy (non-hydrogen) atoms. The van der Waals surface area contributed by atoms with Gasteiger partial charge in [-0.05, 0) is 43.3 Å². The van der Waals surface area contributed by atoms with Crippen LogP contribution in [0.25, 0.3) is 0 Å². The van der Waals surface area contributed by atoms with Crippen molar-refractivity contribution in [3.63, 3.8) is 0 Å². The van der Waals surface area contributed by atoms with E-state index >= 15 is 0 Å². The van der Waals surface area contributed by atoms with E-state index in [1.54, 1.807) is 37.3 Å². The normalized spacial score (nSPS) is 10.2. The maximum Gasteiger partial charge on any atom is 0.338 e. The van der Waals surface area contributed by atoms with Crippen LogP contribution in [0.1, 0.15) is 27.6 Å². The number of esters is 1. The van der Waals surface area contributed by atoms with Crippen LogP contribution in [-0.2, 0) is 4.74 Å². The summed E-state index contributed by atoms with van der Waals surface area (Å²) in [6, 6.07) is 12.1. The van der Waals surface area contributed by atoms with Gasteiger partial charge in [0.2, 0.25) is 0 Å². The molecule has 0 aliphatic carbocycles. The zero-order valence-electron chi connectivity index (χ0n) is 16.0.